The van der Waals surface area contributed by atoms with E-state index in [0.29, 0.717) is 0 Å². The van der Waals surface area contributed by atoms with Crippen molar-refractivity contribution in [2.45, 2.75) is 38.9 Å². The molecule has 160 valence electrons. The maximum absolute atomic E-state index is 12.2. The quantitative estimate of drug-likeness (QED) is 0.190. The van der Waals surface area contributed by atoms with Crippen molar-refractivity contribution in [2.24, 2.45) is 5.92 Å². The molecule has 0 rings (SSSR count). The van der Waals surface area contributed by atoms with Gasteiger partial charge in [-0.3, -0.25) is 24.0 Å². The van der Waals surface area contributed by atoms with Crippen molar-refractivity contribution >= 4 is 40.4 Å². The largest absolute Gasteiger partial charge is 0.394 e. The Morgan fingerprint density at radius 3 is 1.61 bits per heavy atom. The van der Waals surface area contributed by atoms with Crippen LogP contribution in [-0.2, 0) is 24.0 Å². The van der Waals surface area contributed by atoms with Gasteiger partial charge < -0.3 is 31.3 Å². The third-order valence-electron chi connectivity index (χ3n) is 3.47. The predicted molar refractivity (Wildman–Crippen MR) is 100 cm³/mol. The molecule has 0 bridgehead atoms. The molecular weight excluding hydrogens is 394 g/mol. The summed E-state index contributed by atoms with van der Waals surface area (Å²) < 4.78 is 0. The molecule has 0 aliphatic carbocycles. The summed E-state index contributed by atoms with van der Waals surface area (Å²) in [6, 6.07) is -4.08. The highest BCUT2D eigenvalue weighted by Gasteiger charge is 2.29. The summed E-state index contributed by atoms with van der Waals surface area (Å²) in [6.07, 6.45) is 0. The molecule has 12 heteroatoms. The van der Waals surface area contributed by atoms with Crippen LogP contribution in [0.4, 0.5) is 0 Å². The number of hydrogen-bond donors (Lipinski definition) is 6. The Bertz CT molecular complexity index is 584. The van der Waals surface area contributed by atoms with Crippen LogP contribution in [0.25, 0.3) is 0 Å². The van der Waals surface area contributed by atoms with Crippen molar-refractivity contribution in [2.75, 3.05) is 25.6 Å². The van der Waals surface area contributed by atoms with E-state index in [9.17, 15) is 39.3 Å². The minimum atomic E-state index is -1.47. The summed E-state index contributed by atoms with van der Waals surface area (Å²) in [5.74, 6) is -3.68. The molecule has 0 radical (unpaired) electrons. The third-order valence-corrected chi connectivity index (χ3v) is 4.28. The lowest BCUT2D eigenvalue weighted by Crippen LogP contribution is -2.58. The minimum absolute atomic E-state index is 0.251. The first-order valence-corrected chi connectivity index (χ1v) is 9.45. The zero-order valence-corrected chi connectivity index (χ0v) is 16.7. The molecule has 3 amide bonds. The maximum atomic E-state index is 12.2. The van der Waals surface area contributed by atoms with Crippen LogP contribution in [0.5, 0.6) is 0 Å². The molecule has 6 N–H and O–H groups in total. The fraction of sp³-hybridized carbons (Fsp3) is 0.688. The number of Topliss-reactive ketones (excluding diaryl/α,β-unsaturated/α-hetero) is 1. The Kier molecular flexibility index (Phi) is 12.3. The number of carbonyl (C=O) groups is 5. The van der Waals surface area contributed by atoms with Gasteiger partial charge in [0, 0.05) is 12.8 Å². The highest BCUT2D eigenvalue weighted by atomic mass is 32.2. The van der Waals surface area contributed by atoms with Crippen molar-refractivity contribution < 1.29 is 39.3 Å². The van der Waals surface area contributed by atoms with Crippen LogP contribution >= 0.6 is 11.8 Å². The highest BCUT2D eigenvalue weighted by Crippen LogP contribution is 2.01. The Morgan fingerprint density at radius 2 is 1.21 bits per heavy atom. The second kappa shape index (κ2) is 13.2. The van der Waals surface area contributed by atoms with Crippen LogP contribution in [0.1, 0.15) is 20.8 Å². The van der Waals surface area contributed by atoms with E-state index in [1.807, 2.05) is 0 Å². The fourth-order valence-corrected chi connectivity index (χ4v) is 2.36. The Morgan fingerprint density at radius 1 is 0.786 bits per heavy atom. The van der Waals surface area contributed by atoms with Gasteiger partial charge in [0.15, 0.2) is 10.9 Å². The molecule has 0 aromatic carbocycles. The monoisotopic (exact) mass is 421 g/mol. The zero-order chi connectivity index (χ0) is 21.9. The predicted octanol–water partition coefficient (Wildman–Crippen LogP) is -3.08. The molecular formula is C16H27N3O8S. The summed E-state index contributed by atoms with van der Waals surface area (Å²) in [5.41, 5.74) is 0. The maximum Gasteiger partial charge on any atom is 0.245 e. The number of hydrogen-bond acceptors (Lipinski definition) is 9. The van der Waals surface area contributed by atoms with Gasteiger partial charge in [-0.1, -0.05) is 25.6 Å². The average Bonchev–Trinajstić information content (AvgIpc) is 2.65. The second-order valence-electron chi connectivity index (χ2n) is 6.13. The molecule has 0 fully saturated rings. The first kappa shape index (κ1) is 26.0. The van der Waals surface area contributed by atoms with E-state index in [2.05, 4.69) is 16.0 Å². The van der Waals surface area contributed by atoms with Crippen LogP contribution in [0, 0.1) is 5.92 Å². The van der Waals surface area contributed by atoms with Gasteiger partial charge in [-0.25, -0.2) is 0 Å². The van der Waals surface area contributed by atoms with Crippen LogP contribution in [0.3, 0.4) is 0 Å². The van der Waals surface area contributed by atoms with Crippen LogP contribution in [-0.4, -0.2) is 87.6 Å². The van der Waals surface area contributed by atoms with Gasteiger partial charge >= 0.3 is 0 Å². The van der Waals surface area contributed by atoms with E-state index in [1.54, 1.807) is 13.8 Å². The minimum Gasteiger partial charge on any atom is -0.394 e. The van der Waals surface area contributed by atoms with Gasteiger partial charge in [0.05, 0.1) is 25.6 Å². The first-order valence-electron chi connectivity index (χ1n) is 8.47. The summed E-state index contributed by atoms with van der Waals surface area (Å²) in [7, 11) is 0. The Labute approximate surface area is 166 Å². The number of aliphatic hydroxyl groups excluding tert-OH is 3. The molecule has 0 heterocycles. The number of ketones is 1. The number of thioether (sulfide) groups is 1. The van der Waals surface area contributed by atoms with Crippen LogP contribution in [0.15, 0.2) is 0 Å². The number of amides is 3. The molecule has 0 unspecified atom stereocenters. The smallest absolute Gasteiger partial charge is 0.245 e. The molecule has 0 saturated heterocycles. The van der Waals surface area contributed by atoms with Crippen molar-refractivity contribution in [3.8, 4) is 0 Å². The molecule has 3 atom stereocenters. The van der Waals surface area contributed by atoms with E-state index < -0.39 is 67.4 Å². The number of carbonyl (C=O) groups excluding carboxylic acids is 5. The molecule has 0 saturated carbocycles. The topological polar surface area (TPSA) is 182 Å². The Balaban J connectivity index is 4.89. The molecule has 11 nitrogen and oxygen atoms in total. The van der Waals surface area contributed by atoms with Gasteiger partial charge in [-0.15, -0.1) is 0 Å². The third kappa shape index (κ3) is 9.26. The van der Waals surface area contributed by atoms with E-state index in [0.717, 1.165) is 11.8 Å². The SMILES string of the molecule is CC(=O)SCC(=O)N[C@@H](CO)C(=O)N[C@@H](CO)C(=O)N[C@@H](CO)C(=O)C(C)C. The van der Waals surface area contributed by atoms with E-state index >= 15 is 0 Å². The number of nitrogens with one attached hydrogen (secondary N) is 3. The molecule has 28 heavy (non-hydrogen) atoms. The van der Waals surface area contributed by atoms with Gasteiger partial charge in [0.1, 0.15) is 18.1 Å². The van der Waals surface area contributed by atoms with Crippen molar-refractivity contribution in [1.82, 2.24) is 16.0 Å². The summed E-state index contributed by atoms with van der Waals surface area (Å²) >= 11 is 0.717. The lowest BCUT2D eigenvalue weighted by Gasteiger charge is -2.23. The fourth-order valence-electron chi connectivity index (χ4n) is 1.95. The lowest BCUT2D eigenvalue weighted by atomic mass is 10.0. The van der Waals surface area contributed by atoms with Crippen molar-refractivity contribution in [3.63, 3.8) is 0 Å². The average molecular weight is 421 g/mol. The van der Waals surface area contributed by atoms with E-state index in [1.165, 1.54) is 6.92 Å². The van der Waals surface area contributed by atoms with Crippen LogP contribution < -0.4 is 16.0 Å². The summed E-state index contributed by atoms with van der Waals surface area (Å²) in [5, 5.41) is 34.1. The van der Waals surface area contributed by atoms with Gasteiger partial charge in [0.25, 0.3) is 0 Å². The standard InChI is InChI=1S/C16H27N3O8S/c1-8(2)14(25)10(4-20)18-16(27)12(6-22)19-15(26)11(5-21)17-13(24)7-28-9(3)23/h8,10-12,20-22H,4-7H2,1-3H3,(H,17,24)(H,18,27)(H,19,26)/t10-,11-,12-/m0/s1. The van der Waals surface area contributed by atoms with Crippen LogP contribution in [0.2, 0.25) is 0 Å². The molecule has 0 aromatic rings. The molecule has 0 spiro atoms. The zero-order valence-electron chi connectivity index (χ0n) is 15.9. The van der Waals surface area contributed by atoms with Gasteiger partial charge in [0.2, 0.25) is 17.7 Å². The number of aliphatic hydroxyl groups is 3. The van der Waals surface area contributed by atoms with Crippen molar-refractivity contribution in [3.05, 3.63) is 0 Å². The van der Waals surface area contributed by atoms with Gasteiger partial charge in [-0.05, 0) is 0 Å². The van der Waals surface area contributed by atoms with Gasteiger partial charge in [-0.2, -0.15) is 0 Å². The Hall–Kier alpha value is -2.02. The highest BCUT2D eigenvalue weighted by molar-refractivity contribution is 8.14. The molecule has 0 aliphatic rings. The molecule has 0 aromatic heterocycles. The summed E-state index contributed by atoms with van der Waals surface area (Å²) in [4.78, 5) is 58.7. The lowest BCUT2D eigenvalue weighted by molar-refractivity contribution is -0.135. The first-order chi connectivity index (χ1) is 13.1. The molecule has 0 aliphatic heterocycles. The van der Waals surface area contributed by atoms with Crippen molar-refractivity contribution in [1.29, 1.82) is 0 Å². The second-order valence-corrected chi connectivity index (χ2v) is 7.28. The van der Waals surface area contributed by atoms with E-state index in [4.69, 9.17) is 0 Å². The normalized spacial score (nSPS) is 14.0. The summed E-state index contributed by atoms with van der Waals surface area (Å²) in [6.45, 7) is 2.17. The number of rotatable bonds is 12. The van der Waals surface area contributed by atoms with E-state index in [-0.39, 0.29) is 10.9 Å².